The van der Waals surface area contributed by atoms with Crippen molar-refractivity contribution in [1.82, 2.24) is 19.7 Å². The summed E-state index contributed by atoms with van der Waals surface area (Å²) in [7, 11) is 0. The zero-order valence-electron chi connectivity index (χ0n) is 11.3. The number of nitrogens with two attached hydrogens (primary N) is 1. The number of hydrogen-bond acceptors (Lipinski definition) is 5. The Kier molecular flexibility index (Phi) is 3.02. The van der Waals surface area contributed by atoms with Crippen molar-refractivity contribution in [2.24, 2.45) is 0 Å². The Bertz CT molecular complexity index is 922. The first-order valence-corrected chi connectivity index (χ1v) is 6.36. The molecule has 0 fully saturated rings. The van der Waals surface area contributed by atoms with Gasteiger partial charge < -0.3 is 5.73 Å². The minimum atomic E-state index is -0.328. The number of H-pyrrole nitrogens is 1. The Morgan fingerprint density at radius 1 is 1.19 bits per heavy atom. The van der Waals surface area contributed by atoms with Crippen LogP contribution in [0.4, 0.5) is 5.82 Å². The number of aromatic nitrogens is 4. The second-order valence-electron chi connectivity index (χ2n) is 4.73. The molecule has 0 spiro atoms. The van der Waals surface area contributed by atoms with Gasteiger partial charge in [-0.3, -0.25) is 14.7 Å². The number of fused-ring (bicyclic) bond motifs is 1. The SMILES string of the molecule is Cc1cc(N)nc(Cn2[nH]c(=O)c3ccccc3c2=O)n1. The van der Waals surface area contributed by atoms with E-state index in [0.29, 0.717) is 28.1 Å². The summed E-state index contributed by atoms with van der Waals surface area (Å²) < 4.78 is 1.19. The number of benzene rings is 1. The van der Waals surface area contributed by atoms with Gasteiger partial charge in [0.05, 0.1) is 10.8 Å². The molecular weight excluding hydrogens is 270 g/mol. The Morgan fingerprint density at radius 2 is 1.90 bits per heavy atom. The van der Waals surface area contributed by atoms with Crippen molar-refractivity contribution < 1.29 is 0 Å². The topological polar surface area (TPSA) is 107 Å². The third-order valence-corrected chi connectivity index (χ3v) is 3.10. The van der Waals surface area contributed by atoms with Gasteiger partial charge in [-0.2, -0.15) is 0 Å². The molecule has 21 heavy (non-hydrogen) atoms. The highest BCUT2D eigenvalue weighted by Gasteiger charge is 2.08. The first-order valence-electron chi connectivity index (χ1n) is 6.36. The molecule has 2 aromatic heterocycles. The van der Waals surface area contributed by atoms with Crippen LogP contribution >= 0.6 is 0 Å². The molecule has 0 aliphatic carbocycles. The number of nitrogen functional groups attached to an aromatic ring is 1. The fourth-order valence-electron chi connectivity index (χ4n) is 2.23. The molecule has 0 aliphatic heterocycles. The Labute approximate surface area is 119 Å². The third kappa shape index (κ3) is 2.40. The van der Waals surface area contributed by atoms with E-state index in [1.807, 2.05) is 0 Å². The number of aryl methyl sites for hydroxylation is 1. The Hall–Kier alpha value is -2.96. The van der Waals surface area contributed by atoms with Crippen LogP contribution in [0.15, 0.2) is 39.9 Å². The monoisotopic (exact) mass is 283 g/mol. The summed E-state index contributed by atoms with van der Waals surface area (Å²) in [5, 5.41) is 3.26. The molecule has 3 N–H and O–H groups in total. The largest absolute Gasteiger partial charge is 0.384 e. The van der Waals surface area contributed by atoms with Gasteiger partial charge in [-0.1, -0.05) is 12.1 Å². The maximum absolute atomic E-state index is 12.4. The summed E-state index contributed by atoms with van der Waals surface area (Å²) in [5.41, 5.74) is 5.74. The molecule has 0 aliphatic rings. The van der Waals surface area contributed by atoms with Crippen molar-refractivity contribution in [3.63, 3.8) is 0 Å². The highest BCUT2D eigenvalue weighted by Crippen LogP contribution is 2.05. The fourth-order valence-corrected chi connectivity index (χ4v) is 2.23. The number of hydrogen-bond donors (Lipinski definition) is 2. The summed E-state index contributed by atoms with van der Waals surface area (Å²) in [4.78, 5) is 32.6. The molecule has 0 atom stereocenters. The first kappa shape index (κ1) is 13.0. The molecule has 7 heteroatoms. The molecule has 0 radical (unpaired) electrons. The van der Waals surface area contributed by atoms with Crippen molar-refractivity contribution in [2.75, 3.05) is 5.73 Å². The summed E-state index contributed by atoms with van der Waals surface area (Å²) in [5.74, 6) is 0.703. The standard InChI is InChI=1S/C14H13N5O2/c1-8-6-11(15)17-12(16-8)7-19-14(21)10-5-3-2-4-9(10)13(20)18-19/h2-6H,7H2,1H3,(H,18,20)(H2,15,16,17). The van der Waals surface area contributed by atoms with Gasteiger partial charge in [-0.05, 0) is 19.1 Å². The minimum Gasteiger partial charge on any atom is -0.384 e. The lowest BCUT2D eigenvalue weighted by Gasteiger charge is -2.07. The first-order chi connectivity index (χ1) is 10.0. The van der Waals surface area contributed by atoms with Crippen LogP contribution in [0.25, 0.3) is 10.8 Å². The average Bonchev–Trinajstić information content (AvgIpc) is 2.43. The second kappa shape index (κ2) is 4.86. The summed E-state index contributed by atoms with van der Waals surface area (Å²) in [6.45, 7) is 1.85. The van der Waals surface area contributed by atoms with Crippen LogP contribution in [0.5, 0.6) is 0 Å². The number of nitrogens with zero attached hydrogens (tertiary/aromatic N) is 3. The van der Waals surface area contributed by atoms with Gasteiger partial charge in [0.15, 0.2) is 5.82 Å². The average molecular weight is 283 g/mol. The van der Waals surface area contributed by atoms with Crippen LogP contribution in [-0.2, 0) is 6.54 Å². The summed E-state index contributed by atoms with van der Waals surface area (Å²) >= 11 is 0. The van der Waals surface area contributed by atoms with Crippen LogP contribution in [0, 0.1) is 6.92 Å². The van der Waals surface area contributed by atoms with Crippen LogP contribution < -0.4 is 16.9 Å². The lowest BCUT2D eigenvalue weighted by molar-refractivity contribution is 0.611. The van der Waals surface area contributed by atoms with E-state index in [1.54, 1.807) is 37.3 Å². The smallest absolute Gasteiger partial charge is 0.273 e. The summed E-state index contributed by atoms with van der Waals surface area (Å²) in [6.07, 6.45) is 0. The highest BCUT2D eigenvalue weighted by molar-refractivity contribution is 5.80. The van der Waals surface area contributed by atoms with Crippen LogP contribution in [0.2, 0.25) is 0 Å². The highest BCUT2D eigenvalue weighted by atomic mass is 16.2. The van der Waals surface area contributed by atoms with E-state index >= 15 is 0 Å². The zero-order valence-corrected chi connectivity index (χ0v) is 11.3. The van der Waals surface area contributed by atoms with Crippen LogP contribution in [-0.4, -0.2) is 19.7 Å². The maximum atomic E-state index is 12.4. The van der Waals surface area contributed by atoms with E-state index < -0.39 is 0 Å². The normalized spacial score (nSPS) is 10.9. The molecule has 1 aromatic carbocycles. The molecular formula is C14H13N5O2. The molecule has 3 aromatic rings. The molecule has 0 saturated heterocycles. The lowest BCUT2D eigenvalue weighted by atomic mass is 10.2. The van der Waals surface area contributed by atoms with E-state index in [9.17, 15) is 9.59 Å². The number of nitrogens with one attached hydrogen (secondary N) is 1. The van der Waals surface area contributed by atoms with Gasteiger partial charge in [0.25, 0.3) is 11.1 Å². The zero-order chi connectivity index (χ0) is 15.0. The quantitative estimate of drug-likeness (QED) is 0.708. The minimum absolute atomic E-state index is 0.0603. The van der Waals surface area contributed by atoms with Crippen molar-refractivity contribution in [3.05, 3.63) is 62.6 Å². The van der Waals surface area contributed by atoms with Crippen LogP contribution in [0.1, 0.15) is 11.5 Å². The molecule has 0 unspecified atom stereocenters. The van der Waals surface area contributed by atoms with E-state index in [2.05, 4.69) is 15.1 Å². The molecule has 0 saturated carbocycles. The van der Waals surface area contributed by atoms with Crippen molar-refractivity contribution in [2.45, 2.75) is 13.5 Å². The molecule has 0 bridgehead atoms. The predicted molar refractivity (Wildman–Crippen MR) is 79.1 cm³/mol. The second-order valence-corrected chi connectivity index (χ2v) is 4.73. The van der Waals surface area contributed by atoms with Crippen molar-refractivity contribution in [3.8, 4) is 0 Å². The van der Waals surface area contributed by atoms with Gasteiger partial charge >= 0.3 is 0 Å². The fraction of sp³-hybridized carbons (Fsp3) is 0.143. The molecule has 3 rings (SSSR count). The van der Waals surface area contributed by atoms with E-state index in [1.165, 1.54) is 4.68 Å². The van der Waals surface area contributed by atoms with Crippen molar-refractivity contribution >= 4 is 16.6 Å². The molecule has 7 nitrogen and oxygen atoms in total. The van der Waals surface area contributed by atoms with Crippen LogP contribution in [0.3, 0.4) is 0 Å². The molecule has 0 amide bonds. The maximum Gasteiger partial charge on any atom is 0.273 e. The Balaban J connectivity index is 2.15. The number of anilines is 1. The molecule has 2 heterocycles. The van der Waals surface area contributed by atoms with Gasteiger partial charge in [-0.25, -0.2) is 14.6 Å². The van der Waals surface area contributed by atoms with Gasteiger partial charge in [0, 0.05) is 11.8 Å². The van der Waals surface area contributed by atoms with Crippen molar-refractivity contribution in [1.29, 1.82) is 0 Å². The third-order valence-electron chi connectivity index (χ3n) is 3.10. The lowest BCUT2D eigenvalue weighted by Crippen LogP contribution is -2.30. The van der Waals surface area contributed by atoms with Gasteiger partial charge in [0.1, 0.15) is 12.4 Å². The van der Waals surface area contributed by atoms with E-state index in [-0.39, 0.29) is 17.7 Å². The molecule has 106 valence electrons. The number of rotatable bonds is 2. The number of aromatic amines is 1. The van der Waals surface area contributed by atoms with Gasteiger partial charge in [0.2, 0.25) is 0 Å². The van der Waals surface area contributed by atoms with E-state index in [4.69, 9.17) is 5.73 Å². The van der Waals surface area contributed by atoms with E-state index in [0.717, 1.165) is 0 Å². The van der Waals surface area contributed by atoms with Gasteiger partial charge in [-0.15, -0.1) is 0 Å². The predicted octanol–water partition coefficient (Wildman–Crippen LogP) is 0.419. The Morgan fingerprint density at radius 3 is 2.62 bits per heavy atom. The summed E-state index contributed by atoms with van der Waals surface area (Å²) in [6, 6.07) is 8.30.